The highest BCUT2D eigenvalue weighted by atomic mass is 16.5. The molecule has 0 unspecified atom stereocenters. The zero-order valence-electron chi connectivity index (χ0n) is 12.3. The van der Waals surface area contributed by atoms with Crippen molar-refractivity contribution < 1.29 is 19.1 Å². The highest BCUT2D eigenvalue weighted by Crippen LogP contribution is 2.21. The lowest BCUT2D eigenvalue weighted by Gasteiger charge is -2.06. The van der Waals surface area contributed by atoms with Crippen LogP contribution < -0.4 is 15.8 Å². The number of aromatic nitrogens is 1. The second kappa shape index (κ2) is 5.88. The molecule has 3 rings (SSSR count). The maximum absolute atomic E-state index is 12.1. The Hall–Kier alpha value is -3.22. The van der Waals surface area contributed by atoms with Gasteiger partial charge in [-0.3, -0.25) is 9.88 Å². The van der Waals surface area contributed by atoms with E-state index in [-0.39, 0.29) is 6.54 Å². The van der Waals surface area contributed by atoms with Crippen molar-refractivity contribution in [2.75, 3.05) is 12.4 Å². The van der Waals surface area contributed by atoms with E-state index >= 15 is 0 Å². The largest absolute Gasteiger partial charge is 0.497 e. The molecule has 118 valence electrons. The normalized spacial score (nSPS) is 10.7. The summed E-state index contributed by atoms with van der Waals surface area (Å²) in [7, 11) is 1.54. The van der Waals surface area contributed by atoms with Crippen molar-refractivity contribution in [1.82, 2.24) is 4.57 Å². The maximum Gasteiger partial charge on any atom is 0.420 e. The molecule has 0 aliphatic carbocycles. The van der Waals surface area contributed by atoms with Gasteiger partial charge in [0.05, 0.1) is 19.2 Å². The number of hydrogen-bond donors (Lipinski definition) is 2. The topological polar surface area (TPSA) is 93.7 Å². The van der Waals surface area contributed by atoms with Gasteiger partial charge < -0.3 is 14.3 Å². The number of carboxylic acid groups (broad SMARTS) is 1. The summed E-state index contributed by atoms with van der Waals surface area (Å²) in [6.07, 6.45) is -1.14. The SMILES string of the molecule is COc1ccc2c(c1)oc(=O)n2Cc1cccc(NC(=O)O)c1. The Bertz CT molecular complexity index is 926. The van der Waals surface area contributed by atoms with Gasteiger partial charge in [0.25, 0.3) is 0 Å². The van der Waals surface area contributed by atoms with Crippen molar-refractivity contribution in [2.24, 2.45) is 0 Å². The number of carbonyl (C=O) groups is 1. The lowest BCUT2D eigenvalue weighted by Crippen LogP contribution is -2.15. The number of amides is 1. The second-order valence-electron chi connectivity index (χ2n) is 4.92. The molecule has 7 heteroatoms. The lowest BCUT2D eigenvalue weighted by atomic mass is 10.2. The molecule has 0 bridgehead atoms. The van der Waals surface area contributed by atoms with Gasteiger partial charge in [-0.05, 0) is 29.8 Å². The average molecular weight is 314 g/mol. The first-order valence-electron chi connectivity index (χ1n) is 6.83. The van der Waals surface area contributed by atoms with Crippen LogP contribution in [0.15, 0.2) is 51.7 Å². The van der Waals surface area contributed by atoms with Crippen LogP contribution >= 0.6 is 0 Å². The predicted molar refractivity (Wildman–Crippen MR) is 84.2 cm³/mol. The van der Waals surface area contributed by atoms with Crippen molar-refractivity contribution in [1.29, 1.82) is 0 Å². The summed E-state index contributed by atoms with van der Waals surface area (Å²) in [6.45, 7) is 0.271. The molecule has 2 aromatic carbocycles. The molecule has 1 aromatic heterocycles. The zero-order chi connectivity index (χ0) is 16.4. The molecule has 0 saturated heterocycles. The van der Waals surface area contributed by atoms with Gasteiger partial charge in [0.15, 0.2) is 5.58 Å². The Morgan fingerprint density at radius 1 is 1.30 bits per heavy atom. The van der Waals surface area contributed by atoms with Crippen LogP contribution in [-0.2, 0) is 6.54 Å². The fraction of sp³-hybridized carbons (Fsp3) is 0.125. The van der Waals surface area contributed by atoms with Gasteiger partial charge in [0.2, 0.25) is 0 Å². The summed E-state index contributed by atoms with van der Waals surface area (Å²) < 4.78 is 11.8. The third-order valence-electron chi connectivity index (χ3n) is 3.39. The Kier molecular flexibility index (Phi) is 3.76. The molecule has 23 heavy (non-hydrogen) atoms. The standard InChI is InChI=1S/C16H14N2O5/c1-22-12-5-6-13-14(8-12)23-16(21)18(13)9-10-3-2-4-11(7-10)17-15(19)20/h2-8,17H,9H2,1H3,(H,19,20). The molecular weight excluding hydrogens is 300 g/mol. The van der Waals surface area contributed by atoms with Crippen LogP contribution in [0.2, 0.25) is 0 Å². The van der Waals surface area contributed by atoms with Crippen molar-refractivity contribution in [2.45, 2.75) is 6.54 Å². The van der Waals surface area contributed by atoms with E-state index in [1.54, 1.807) is 36.4 Å². The van der Waals surface area contributed by atoms with Crippen molar-refractivity contribution >= 4 is 22.9 Å². The number of anilines is 1. The molecular formula is C16H14N2O5. The van der Waals surface area contributed by atoms with E-state index in [2.05, 4.69) is 5.32 Å². The molecule has 1 amide bonds. The fourth-order valence-electron chi connectivity index (χ4n) is 2.38. The summed E-state index contributed by atoms with van der Waals surface area (Å²) in [6, 6.07) is 12.0. The Morgan fingerprint density at radius 3 is 2.87 bits per heavy atom. The highest BCUT2D eigenvalue weighted by Gasteiger charge is 2.11. The van der Waals surface area contributed by atoms with Crippen LogP contribution in [0, 0.1) is 0 Å². The number of methoxy groups -OCH3 is 1. The molecule has 3 aromatic rings. The number of rotatable bonds is 4. The summed E-state index contributed by atoms with van der Waals surface area (Å²) in [5.41, 5.74) is 2.30. The summed E-state index contributed by atoms with van der Waals surface area (Å²) >= 11 is 0. The maximum atomic E-state index is 12.1. The van der Waals surface area contributed by atoms with E-state index < -0.39 is 11.8 Å². The van der Waals surface area contributed by atoms with E-state index in [0.717, 1.165) is 5.56 Å². The van der Waals surface area contributed by atoms with Gasteiger partial charge in [0, 0.05) is 11.8 Å². The molecule has 0 aliphatic rings. The van der Waals surface area contributed by atoms with Crippen LogP contribution in [0.5, 0.6) is 5.75 Å². The van der Waals surface area contributed by atoms with Gasteiger partial charge in [-0.15, -0.1) is 0 Å². The summed E-state index contributed by atoms with van der Waals surface area (Å²) in [5.74, 6) is 0.121. The number of fused-ring (bicyclic) bond motifs is 1. The molecule has 0 atom stereocenters. The molecule has 7 nitrogen and oxygen atoms in total. The molecule has 0 spiro atoms. The Morgan fingerprint density at radius 2 is 2.13 bits per heavy atom. The van der Waals surface area contributed by atoms with E-state index in [4.69, 9.17) is 14.3 Å². The fourth-order valence-corrected chi connectivity index (χ4v) is 2.38. The highest BCUT2D eigenvalue weighted by molar-refractivity contribution is 5.82. The minimum atomic E-state index is -1.14. The molecule has 0 fully saturated rings. The van der Waals surface area contributed by atoms with Crippen molar-refractivity contribution in [3.05, 3.63) is 58.6 Å². The third kappa shape index (κ3) is 3.03. The quantitative estimate of drug-likeness (QED) is 0.772. The number of ether oxygens (including phenoxy) is 1. The smallest absolute Gasteiger partial charge is 0.420 e. The monoisotopic (exact) mass is 314 g/mol. The minimum Gasteiger partial charge on any atom is -0.497 e. The summed E-state index contributed by atoms with van der Waals surface area (Å²) in [4.78, 5) is 22.7. The van der Waals surface area contributed by atoms with Gasteiger partial charge in [-0.1, -0.05) is 12.1 Å². The molecule has 0 saturated carbocycles. The Labute approximate surface area is 130 Å². The number of oxazole rings is 1. The average Bonchev–Trinajstić information content (AvgIpc) is 2.82. The van der Waals surface area contributed by atoms with E-state index in [1.165, 1.54) is 11.7 Å². The van der Waals surface area contributed by atoms with Gasteiger partial charge in [-0.2, -0.15) is 0 Å². The second-order valence-corrected chi connectivity index (χ2v) is 4.92. The Balaban J connectivity index is 1.97. The van der Waals surface area contributed by atoms with Crippen molar-refractivity contribution in [3.63, 3.8) is 0 Å². The molecule has 1 heterocycles. The molecule has 0 radical (unpaired) electrons. The van der Waals surface area contributed by atoms with E-state index in [1.807, 2.05) is 6.07 Å². The van der Waals surface area contributed by atoms with Crippen LogP contribution in [0.4, 0.5) is 10.5 Å². The van der Waals surface area contributed by atoms with Crippen molar-refractivity contribution in [3.8, 4) is 5.75 Å². The number of nitrogens with zero attached hydrogens (tertiary/aromatic N) is 1. The summed E-state index contributed by atoms with van der Waals surface area (Å²) in [5, 5.41) is 11.0. The minimum absolute atomic E-state index is 0.271. The number of benzene rings is 2. The molecule has 0 aliphatic heterocycles. The van der Waals surface area contributed by atoms with Gasteiger partial charge in [0.1, 0.15) is 5.75 Å². The van der Waals surface area contributed by atoms with Gasteiger partial charge in [-0.25, -0.2) is 9.59 Å². The van der Waals surface area contributed by atoms with Crippen LogP contribution in [-0.4, -0.2) is 22.9 Å². The lowest BCUT2D eigenvalue weighted by molar-refractivity contribution is 0.209. The molecule has 2 N–H and O–H groups in total. The predicted octanol–water partition coefficient (Wildman–Crippen LogP) is 2.74. The third-order valence-corrected chi connectivity index (χ3v) is 3.39. The van der Waals surface area contributed by atoms with Crippen LogP contribution in [0.3, 0.4) is 0 Å². The van der Waals surface area contributed by atoms with E-state index in [0.29, 0.717) is 22.5 Å². The zero-order valence-corrected chi connectivity index (χ0v) is 12.3. The first kappa shape index (κ1) is 14.7. The number of hydrogen-bond acceptors (Lipinski definition) is 4. The number of nitrogens with one attached hydrogen (secondary N) is 1. The van der Waals surface area contributed by atoms with E-state index in [9.17, 15) is 9.59 Å². The van der Waals surface area contributed by atoms with Gasteiger partial charge >= 0.3 is 11.8 Å². The first-order chi connectivity index (χ1) is 11.1. The van der Waals surface area contributed by atoms with Crippen LogP contribution in [0.25, 0.3) is 11.1 Å². The first-order valence-corrected chi connectivity index (χ1v) is 6.83. The van der Waals surface area contributed by atoms with Crippen LogP contribution in [0.1, 0.15) is 5.56 Å².